The van der Waals surface area contributed by atoms with E-state index in [0.717, 1.165) is 4.90 Å². The second-order valence-electron chi connectivity index (χ2n) is 8.05. The van der Waals surface area contributed by atoms with Crippen molar-refractivity contribution < 1.29 is 61.2 Å². The van der Waals surface area contributed by atoms with Gasteiger partial charge in [-0.3, -0.25) is 0 Å². The fraction of sp³-hybridized carbons (Fsp3) is 0.222. The summed E-state index contributed by atoms with van der Waals surface area (Å²) in [6, 6.07) is 17.0. The predicted octanol–water partition coefficient (Wildman–Crippen LogP) is -1.44. The molecule has 10 nitrogen and oxygen atoms in total. The van der Waals surface area contributed by atoms with Crippen LogP contribution in [0.5, 0.6) is 17.2 Å². The third-order valence-electron chi connectivity index (χ3n) is 5.38. The minimum atomic E-state index is -0.545. The third-order valence-corrected chi connectivity index (χ3v) is 5.38. The molecule has 0 aromatic heterocycles. The highest BCUT2D eigenvalue weighted by atomic mass is 35.5. The number of carbonyl (C=O) groups is 3. The number of rotatable bonds is 12. The molecule has 3 aromatic carbocycles. The first-order valence-corrected chi connectivity index (χ1v) is 11.5. The van der Waals surface area contributed by atoms with Crippen molar-refractivity contribution in [3.8, 4) is 17.2 Å². The minimum absolute atomic E-state index is 0. The number of ether oxygens (including phenoxy) is 3. The quantitative estimate of drug-likeness (QED) is 0.159. The number of benzene rings is 3. The normalized spacial score (nSPS) is 10.3. The van der Waals surface area contributed by atoms with Gasteiger partial charge in [0.2, 0.25) is 0 Å². The number of quaternary nitrogens is 1. The van der Waals surface area contributed by atoms with E-state index in [-0.39, 0.29) is 49.5 Å². The van der Waals surface area contributed by atoms with Gasteiger partial charge >= 0.3 is 17.9 Å². The Hall–Kier alpha value is -4.28. The molecule has 4 N–H and O–H groups in total. The maximum atomic E-state index is 12.2. The van der Waals surface area contributed by atoms with Crippen LogP contribution in [0.15, 0.2) is 72.8 Å². The van der Waals surface area contributed by atoms with E-state index in [1.165, 1.54) is 72.8 Å². The molecule has 0 radical (unpaired) electrons. The van der Waals surface area contributed by atoms with Gasteiger partial charge in [0.15, 0.2) is 0 Å². The zero-order valence-electron chi connectivity index (χ0n) is 20.3. The molecule has 0 aliphatic carbocycles. The van der Waals surface area contributed by atoms with E-state index in [2.05, 4.69) is 0 Å². The van der Waals surface area contributed by atoms with Gasteiger partial charge in [-0.05, 0) is 72.8 Å². The van der Waals surface area contributed by atoms with Gasteiger partial charge in [-0.2, -0.15) is 0 Å². The summed E-state index contributed by atoms with van der Waals surface area (Å²) in [5.74, 6) is -1.52. The molecular formula is C27H28ClNO9. The summed E-state index contributed by atoms with van der Waals surface area (Å²) >= 11 is 0. The van der Waals surface area contributed by atoms with E-state index in [4.69, 9.17) is 14.2 Å². The Morgan fingerprint density at radius 3 is 0.974 bits per heavy atom. The van der Waals surface area contributed by atoms with Gasteiger partial charge in [0.1, 0.15) is 56.7 Å². The molecule has 3 aromatic rings. The zero-order chi connectivity index (χ0) is 26.6. The molecule has 0 aliphatic heterocycles. The van der Waals surface area contributed by atoms with Crippen molar-refractivity contribution in [1.29, 1.82) is 0 Å². The highest BCUT2D eigenvalue weighted by Crippen LogP contribution is 2.12. The number of phenolic OH excluding ortho intramolecular Hbond substituents is 3. The molecule has 3 rings (SSSR count). The molecule has 38 heavy (non-hydrogen) atoms. The standard InChI is InChI=1S/C27H27NO9.ClH/c29-22-7-1-19(2-8-22)25(32)35-16-13-28(14-17-36-26(33)20-3-9-23(30)10-4-20)15-18-37-27(34)21-5-11-24(31)12-6-21;/h1-12,29-31H,13-18H2;1H. The summed E-state index contributed by atoms with van der Waals surface area (Å²) in [5, 5.41) is 28.1. The maximum absolute atomic E-state index is 12.2. The zero-order valence-corrected chi connectivity index (χ0v) is 21.1. The fourth-order valence-corrected chi connectivity index (χ4v) is 3.28. The van der Waals surface area contributed by atoms with Crippen LogP contribution < -0.4 is 17.3 Å². The molecule has 0 amide bonds. The van der Waals surface area contributed by atoms with E-state index in [9.17, 15) is 29.7 Å². The number of hydrogen-bond donors (Lipinski definition) is 4. The first kappa shape index (κ1) is 29.9. The molecule has 11 heteroatoms. The molecule has 0 spiro atoms. The molecule has 0 unspecified atom stereocenters. The Kier molecular flexibility index (Phi) is 11.9. The van der Waals surface area contributed by atoms with Crippen molar-refractivity contribution >= 4 is 17.9 Å². The number of hydrogen-bond acceptors (Lipinski definition) is 9. The van der Waals surface area contributed by atoms with Crippen LogP contribution in [0.25, 0.3) is 0 Å². The summed E-state index contributed by atoms with van der Waals surface area (Å²) in [6.45, 7) is 1.26. The van der Waals surface area contributed by atoms with E-state index < -0.39 is 17.9 Å². The van der Waals surface area contributed by atoms with Crippen molar-refractivity contribution in [1.82, 2.24) is 0 Å². The van der Waals surface area contributed by atoms with Gasteiger partial charge in [-0.1, -0.05) is 0 Å². The highest BCUT2D eigenvalue weighted by molar-refractivity contribution is 5.90. The average Bonchev–Trinajstić information content (AvgIpc) is 2.89. The lowest BCUT2D eigenvalue weighted by atomic mass is 10.2. The predicted molar refractivity (Wildman–Crippen MR) is 131 cm³/mol. The molecular weight excluding hydrogens is 518 g/mol. The first-order chi connectivity index (χ1) is 17.8. The van der Waals surface area contributed by atoms with Crippen LogP contribution in [0, 0.1) is 0 Å². The van der Waals surface area contributed by atoms with Gasteiger partial charge in [0.05, 0.1) is 16.7 Å². The maximum Gasteiger partial charge on any atom is 0.338 e. The number of phenols is 3. The monoisotopic (exact) mass is 545 g/mol. The molecule has 0 saturated heterocycles. The molecule has 0 atom stereocenters. The molecule has 0 heterocycles. The van der Waals surface area contributed by atoms with Crippen LogP contribution in [-0.2, 0) is 14.2 Å². The molecule has 0 aliphatic rings. The fourth-order valence-electron chi connectivity index (χ4n) is 3.28. The smallest absolute Gasteiger partial charge is 0.338 e. The summed E-state index contributed by atoms with van der Waals surface area (Å²) in [7, 11) is 0. The summed E-state index contributed by atoms with van der Waals surface area (Å²) in [6.07, 6.45) is 0. The Bertz CT molecular complexity index is 1030. The Morgan fingerprint density at radius 1 is 0.500 bits per heavy atom. The van der Waals surface area contributed by atoms with Crippen molar-refractivity contribution in [2.45, 2.75) is 0 Å². The first-order valence-electron chi connectivity index (χ1n) is 11.5. The molecule has 0 bridgehead atoms. The Balaban J connectivity index is 0.00000507. The van der Waals surface area contributed by atoms with Crippen molar-refractivity contribution in [2.24, 2.45) is 0 Å². The third kappa shape index (κ3) is 9.64. The Labute approximate surface area is 225 Å². The lowest BCUT2D eigenvalue weighted by Crippen LogP contribution is -3.13. The lowest BCUT2D eigenvalue weighted by molar-refractivity contribution is -0.900. The second-order valence-corrected chi connectivity index (χ2v) is 8.05. The molecule has 0 fully saturated rings. The SMILES string of the molecule is O=C(OCC[NH+](CCOC(=O)c1ccc(O)cc1)CCOC(=O)c1ccc(O)cc1)c1ccc(O)cc1.[Cl-]. The number of halogens is 1. The van der Waals surface area contributed by atoms with Gasteiger partial charge in [-0.15, -0.1) is 0 Å². The van der Waals surface area contributed by atoms with Crippen LogP contribution in [0.3, 0.4) is 0 Å². The number of nitrogens with one attached hydrogen (secondary N) is 1. The van der Waals surface area contributed by atoms with Gasteiger partial charge in [0.25, 0.3) is 0 Å². The van der Waals surface area contributed by atoms with E-state index in [0.29, 0.717) is 36.3 Å². The number of esters is 3. The van der Waals surface area contributed by atoms with Gasteiger partial charge < -0.3 is 46.8 Å². The van der Waals surface area contributed by atoms with E-state index >= 15 is 0 Å². The van der Waals surface area contributed by atoms with Crippen molar-refractivity contribution in [3.63, 3.8) is 0 Å². The van der Waals surface area contributed by atoms with Gasteiger partial charge in [0, 0.05) is 0 Å². The van der Waals surface area contributed by atoms with Crippen molar-refractivity contribution in [2.75, 3.05) is 39.5 Å². The van der Waals surface area contributed by atoms with Crippen molar-refractivity contribution in [3.05, 3.63) is 89.5 Å². The van der Waals surface area contributed by atoms with Crippen LogP contribution in [-0.4, -0.2) is 72.7 Å². The van der Waals surface area contributed by atoms with Crippen LogP contribution >= 0.6 is 0 Å². The topological polar surface area (TPSA) is 144 Å². The lowest BCUT2D eigenvalue weighted by Gasteiger charge is -2.19. The molecule has 202 valence electrons. The number of carbonyl (C=O) groups excluding carboxylic acids is 3. The largest absolute Gasteiger partial charge is 1.00 e. The average molecular weight is 546 g/mol. The minimum Gasteiger partial charge on any atom is -1.00 e. The van der Waals surface area contributed by atoms with Crippen LogP contribution in [0.4, 0.5) is 0 Å². The van der Waals surface area contributed by atoms with E-state index in [1.807, 2.05) is 0 Å². The summed E-state index contributed by atoms with van der Waals surface area (Å²) in [5.41, 5.74) is 0.889. The number of aromatic hydroxyl groups is 3. The highest BCUT2D eigenvalue weighted by Gasteiger charge is 2.16. The Morgan fingerprint density at radius 2 is 0.737 bits per heavy atom. The van der Waals surface area contributed by atoms with Gasteiger partial charge in [-0.25, -0.2) is 14.4 Å². The summed E-state index contributed by atoms with van der Waals surface area (Å²) in [4.78, 5) is 37.5. The summed E-state index contributed by atoms with van der Waals surface area (Å²) < 4.78 is 15.9. The van der Waals surface area contributed by atoms with E-state index in [1.54, 1.807) is 0 Å². The molecule has 0 saturated carbocycles. The van der Waals surface area contributed by atoms with Crippen LogP contribution in [0.2, 0.25) is 0 Å². The second kappa shape index (κ2) is 15.1. The van der Waals surface area contributed by atoms with Crippen LogP contribution in [0.1, 0.15) is 31.1 Å².